The number of hydrogen-bond acceptors (Lipinski definition) is 12. The summed E-state index contributed by atoms with van der Waals surface area (Å²) >= 11 is 0. The van der Waals surface area contributed by atoms with Crippen LogP contribution in [0.3, 0.4) is 0 Å². The molecular weight excluding hydrogens is 692 g/mol. The maximum Gasteiger partial charge on any atom is 0.326 e. The summed E-state index contributed by atoms with van der Waals surface area (Å²) in [7, 11) is 0. The topological polar surface area (TPSA) is 351 Å². The first-order valence-electron chi connectivity index (χ1n) is 15.8. The zero-order chi connectivity index (χ0) is 38.8. The minimum Gasteiger partial charge on any atom is -0.508 e. The quantitative estimate of drug-likeness (QED) is 0.0594. The second-order valence-corrected chi connectivity index (χ2v) is 11.4. The molecule has 1 aliphatic rings. The minimum absolute atomic E-state index is 0.0620. The molecule has 0 unspecified atom stereocenters. The highest BCUT2D eigenvalue weighted by Crippen LogP contribution is 2.17. The number of nitrogens with two attached hydrogens (primary N) is 2. The van der Waals surface area contributed by atoms with Gasteiger partial charge in [-0.3, -0.25) is 43.2 Å². The second kappa shape index (κ2) is 21.0. The molecule has 1 fully saturated rings. The molecule has 284 valence electrons. The zero-order valence-electron chi connectivity index (χ0n) is 27.9. The highest BCUT2D eigenvalue weighted by atomic mass is 16.4. The number of likely N-dealkylation sites (tertiary alicyclic amines) is 1. The molecule has 22 heteroatoms. The first kappa shape index (κ1) is 41.8. The van der Waals surface area contributed by atoms with Crippen LogP contribution in [0, 0.1) is 0 Å². The Balaban J connectivity index is 1.64. The highest BCUT2D eigenvalue weighted by molar-refractivity contribution is 5.95. The van der Waals surface area contributed by atoms with Crippen molar-refractivity contribution in [2.75, 3.05) is 45.8 Å². The number of carbonyl (C=O) groups is 10. The van der Waals surface area contributed by atoms with E-state index in [1.807, 2.05) is 5.32 Å². The zero-order valence-corrected chi connectivity index (χ0v) is 27.9. The summed E-state index contributed by atoms with van der Waals surface area (Å²) in [4.78, 5) is 121. The van der Waals surface area contributed by atoms with Gasteiger partial charge in [0, 0.05) is 6.54 Å². The number of nitrogens with zero attached hydrogens (tertiary/aromatic N) is 1. The van der Waals surface area contributed by atoms with E-state index in [9.17, 15) is 53.1 Å². The fourth-order valence-corrected chi connectivity index (χ4v) is 4.61. The van der Waals surface area contributed by atoms with Crippen molar-refractivity contribution in [2.45, 2.75) is 43.8 Å². The molecule has 9 amide bonds. The molecule has 0 aromatic heterocycles. The Labute approximate surface area is 296 Å². The van der Waals surface area contributed by atoms with Crippen molar-refractivity contribution in [2.24, 2.45) is 11.5 Å². The molecule has 52 heavy (non-hydrogen) atoms. The van der Waals surface area contributed by atoms with Crippen LogP contribution in [0.4, 0.5) is 0 Å². The predicted octanol–water partition coefficient (Wildman–Crippen LogP) is -6.61. The summed E-state index contributed by atoms with van der Waals surface area (Å²) in [6, 6.07) is 2.64. The maximum atomic E-state index is 12.7. The van der Waals surface area contributed by atoms with Crippen LogP contribution < -0.4 is 48.7 Å². The van der Waals surface area contributed by atoms with Crippen molar-refractivity contribution in [3.63, 3.8) is 0 Å². The van der Waals surface area contributed by atoms with Crippen LogP contribution in [0.15, 0.2) is 24.3 Å². The third kappa shape index (κ3) is 15.5. The lowest BCUT2D eigenvalue weighted by Crippen LogP contribution is -2.51. The number of benzene rings is 1. The Kier molecular flexibility index (Phi) is 16.9. The fourth-order valence-electron chi connectivity index (χ4n) is 4.61. The molecule has 0 aliphatic carbocycles. The smallest absolute Gasteiger partial charge is 0.326 e. The van der Waals surface area contributed by atoms with E-state index in [0.29, 0.717) is 18.4 Å². The van der Waals surface area contributed by atoms with Crippen LogP contribution in [-0.4, -0.2) is 138 Å². The van der Waals surface area contributed by atoms with Crippen LogP contribution in [-0.2, 0) is 54.4 Å². The molecule has 2 rings (SSSR count). The van der Waals surface area contributed by atoms with Gasteiger partial charge in [0.2, 0.25) is 53.2 Å². The van der Waals surface area contributed by atoms with E-state index >= 15 is 0 Å². The molecule has 3 atom stereocenters. The summed E-state index contributed by atoms with van der Waals surface area (Å²) < 4.78 is 0. The molecule has 0 saturated carbocycles. The molecule has 0 radical (unpaired) electrons. The lowest BCUT2D eigenvalue weighted by atomic mass is 10.1. The number of nitrogens with one attached hydrogen (secondary N) is 7. The van der Waals surface area contributed by atoms with Crippen molar-refractivity contribution in [1.29, 1.82) is 0 Å². The number of aromatic hydroxyl groups is 1. The number of phenolic OH excluding ortho intramolecular Hbond substituents is 1. The van der Waals surface area contributed by atoms with E-state index < -0.39 is 123 Å². The SMILES string of the molecule is NC(=O)C[C@H](NC(=O)CNC(=O)CNC(=O)CNC(=O)CNC(=O)[C@@H]1CCCN1C(=O)CNC(=O)CNC(=O)[C@@H](N)Cc1ccc(O)cc1)C(=O)O. The van der Waals surface area contributed by atoms with Crippen molar-refractivity contribution in [3.8, 4) is 5.75 Å². The van der Waals surface area contributed by atoms with Gasteiger partial charge in [0.25, 0.3) is 0 Å². The van der Waals surface area contributed by atoms with Crippen LogP contribution in [0.5, 0.6) is 5.75 Å². The first-order valence-corrected chi connectivity index (χ1v) is 15.8. The molecular formula is C30H42N10O12. The van der Waals surface area contributed by atoms with Crippen LogP contribution >= 0.6 is 0 Å². The Hall–Kier alpha value is -6.32. The number of rotatable bonds is 20. The van der Waals surface area contributed by atoms with E-state index in [1.165, 1.54) is 17.0 Å². The number of phenols is 1. The Morgan fingerprint density at radius 2 is 1.23 bits per heavy atom. The summed E-state index contributed by atoms with van der Waals surface area (Å²) in [5, 5.41) is 34.0. The third-order valence-electron chi connectivity index (χ3n) is 7.26. The summed E-state index contributed by atoms with van der Waals surface area (Å²) in [6.07, 6.45) is 0.279. The second-order valence-electron chi connectivity index (χ2n) is 11.4. The third-order valence-corrected chi connectivity index (χ3v) is 7.26. The number of carbonyl (C=O) groups excluding carboxylic acids is 9. The molecule has 1 aromatic carbocycles. The van der Waals surface area contributed by atoms with Gasteiger partial charge in [0.15, 0.2) is 0 Å². The van der Waals surface area contributed by atoms with Gasteiger partial charge in [-0.25, -0.2) is 4.79 Å². The number of carboxylic acid groups (broad SMARTS) is 1. The van der Waals surface area contributed by atoms with Gasteiger partial charge in [-0.05, 0) is 37.0 Å². The summed E-state index contributed by atoms with van der Waals surface area (Å²) in [5.41, 5.74) is 11.5. The number of amides is 9. The van der Waals surface area contributed by atoms with Gasteiger partial charge in [-0.1, -0.05) is 12.1 Å². The largest absolute Gasteiger partial charge is 0.508 e. The lowest BCUT2D eigenvalue weighted by Gasteiger charge is -2.24. The van der Waals surface area contributed by atoms with E-state index in [1.54, 1.807) is 12.1 Å². The Bertz CT molecular complexity index is 1520. The van der Waals surface area contributed by atoms with Crippen LogP contribution in [0.2, 0.25) is 0 Å². The van der Waals surface area contributed by atoms with Crippen molar-refractivity contribution < 1.29 is 58.2 Å². The van der Waals surface area contributed by atoms with E-state index in [0.717, 1.165) is 0 Å². The minimum atomic E-state index is -1.58. The number of hydrogen-bond donors (Lipinski definition) is 11. The predicted molar refractivity (Wildman–Crippen MR) is 176 cm³/mol. The average molecular weight is 735 g/mol. The van der Waals surface area contributed by atoms with Crippen molar-refractivity contribution >= 4 is 59.1 Å². The summed E-state index contributed by atoms with van der Waals surface area (Å²) in [6.45, 7) is -3.06. The molecule has 13 N–H and O–H groups in total. The standard InChI is InChI=1S/C30H42N10O12/c31-18(8-16-3-5-17(41)6-4-16)28(49)37-12-25(46)36-15-27(48)40-7-1-2-20(40)29(50)38-13-24(45)34-10-22(43)33-11-23(44)35-14-26(47)39-19(30(51)52)9-21(32)42/h3-6,18-20,41H,1-2,7-15,31H2,(H2,32,42)(H,33,43)(H,34,45)(H,35,44)(H,36,46)(H,37,49)(H,38,50)(H,39,47)(H,51,52)/t18-,19-,20-/m0/s1. The molecule has 0 spiro atoms. The van der Waals surface area contributed by atoms with Gasteiger partial charge in [-0.15, -0.1) is 0 Å². The van der Waals surface area contributed by atoms with Gasteiger partial charge in [0.05, 0.1) is 51.7 Å². The van der Waals surface area contributed by atoms with Crippen LogP contribution in [0.25, 0.3) is 0 Å². The van der Waals surface area contributed by atoms with Crippen LogP contribution in [0.1, 0.15) is 24.8 Å². The number of primary amides is 1. The molecule has 1 aliphatic heterocycles. The highest BCUT2D eigenvalue weighted by Gasteiger charge is 2.34. The molecule has 22 nitrogen and oxygen atoms in total. The van der Waals surface area contributed by atoms with E-state index in [4.69, 9.17) is 16.6 Å². The Morgan fingerprint density at radius 3 is 1.77 bits per heavy atom. The summed E-state index contributed by atoms with van der Waals surface area (Å²) in [5.74, 6) is -8.20. The normalized spacial score (nSPS) is 14.5. The molecule has 1 saturated heterocycles. The molecule has 1 heterocycles. The molecule has 0 bridgehead atoms. The lowest BCUT2D eigenvalue weighted by molar-refractivity contribution is -0.143. The maximum absolute atomic E-state index is 12.7. The van der Waals surface area contributed by atoms with Gasteiger partial charge in [0.1, 0.15) is 17.8 Å². The van der Waals surface area contributed by atoms with E-state index in [2.05, 4.69) is 31.9 Å². The van der Waals surface area contributed by atoms with E-state index in [-0.39, 0.29) is 18.7 Å². The number of aliphatic carboxylic acids is 1. The monoisotopic (exact) mass is 734 g/mol. The van der Waals surface area contributed by atoms with Gasteiger partial charge < -0.3 is 63.8 Å². The number of carboxylic acids is 1. The van der Waals surface area contributed by atoms with Gasteiger partial charge >= 0.3 is 5.97 Å². The van der Waals surface area contributed by atoms with Crippen molar-refractivity contribution in [3.05, 3.63) is 29.8 Å². The fraction of sp³-hybridized carbons (Fsp3) is 0.467. The van der Waals surface area contributed by atoms with Gasteiger partial charge in [-0.2, -0.15) is 0 Å². The first-order chi connectivity index (χ1) is 24.5. The average Bonchev–Trinajstić information content (AvgIpc) is 3.60. The Morgan fingerprint density at radius 1 is 0.731 bits per heavy atom. The van der Waals surface area contributed by atoms with Crippen molar-refractivity contribution in [1.82, 2.24) is 42.1 Å². The molecule has 1 aromatic rings.